The van der Waals surface area contributed by atoms with Crippen molar-refractivity contribution < 1.29 is 9.90 Å². The topological polar surface area (TPSA) is 61.4 Å². The van der Waals surface area contributed by atoms with E-state index in [-0.39, 0.29) is 0 Å². The normalized spacial score (nSPS) is 26.4. The summed E-state index contributed by atoms with van der Waals surface area (Å²) < 4.78 is 0. The lowest BCUT2D eigenvalue weighted by atomic mass is 10.1. The standard InChI is InChI=1S/C9H18N2O2/c1-7(9(12)13)11-8-3-2-5-10-6-4-8/h7-8,10-11H,2-6H2,1H3,(H,12,13). The Hall–Kier alpha value is -0.610. The number of carboxylic acids is 1. The molecule has 1 aliphatic rings. The number of aliphatic carboxylic acids is 1. The predicted octanol–water partition coefficient (Wildman–Crippen LogP) is 0.191. The summed E-state index contributed by atoms with van der Waals surface area (Å²) in [5.74, 6) is -0.766. The Labute approximate surface area is 78.7 Å². The first-order valence-corrected chi connectivity index (χ1v) is 4.89. The van der Waals surface area contributed by atoms with E-state index in [0.717, 1.165) is 32.4 Å². The molecule has 0 aromatic carbocycles. The zero-order chi connectivity index (χ0) is 9.68. The van der Waals surface area contributed by atoms with E-state index in [1.165, 1.54) is 0 Å². The van der Waals surface area contributed by atoms with Crippen molar-refractivity contribution in [2.75, 3.05) is 13.1 Å². The smallest absolute Gasteiger partial charge is 0.320 e. The third kappa shape index (κ3) is 3.74. The Morgan fingerprint density at radius 1 is 1.54 bits per heavy atom. The molecule has 0 spiro atoms. The molecule has 0 bridgehead atoms. The van der Waals surface area contributed by atoms with Crippen LogP contribution < -0.4 is 10.6 Å². The number of carboxylic acid groups (broad SMARTS) is 1. The number of hydrogen-bond donors (Lipinski definition) is 3. The van der Waals surface area contributed by atoms with E-state index in [1.807, 2.05) is 0 Å². The molecule has 0 amide bonds. The minimum Gasteiger partial charge on any atom is -0.480 e. The summed E-state index contributed by atoms with van der Waals surface area (Å²) in [7, 11) is 0. The lowest BCUT2D eigenvalue weighted by molar-refractivity contribution is -0.139. The lowest BCUT2D eigenvalue weighted by Crippen LogP contribution is -2.41. The second-order valence-electron chi connectivity index (χ2n) is 3.60. The molecule has 1 rings (SSSR count). The summed E-state index contributed by atoms with van der Waals surface area (Å²) in [5, 5.41) is 15.1. The maximum absolute atomic E-state index is 10.6. The van der Waals surface area contributed by atoms with E-state index in [0.29, 0.717) is 6.04 Å². The SMILES string of the molecule is CC(NC1CCCNCC1)C(=O)O. The third-order valence-electron chi connectivity index (χ3n) is 2.43. The molecule has 4 heteroatoms. The van der Waals surface area contributed by atoms with Crippen molar-refractivity contribution in [3.63, 3.8) is 0 Å². The van der Waals surface area contributed by atoms with E-state index in [4.69, 9.17) is 5.11 Å². The van der Waals surface area contributed by atoms with Gasteiger partial charge in [-0.1, -0.05) is 0 Å². The van der Waals surface area contributed by atoms with Crippen molar-refractivity contribution >= 4 is 5.97 Å². The highest BCUT2D eigenvalue weighted by Gasteiger charge is 2.17. The molecule has 2 atom stereocenters. The Morgan fingerprint density at radius 2 is 2.31 bits per heavy atom. The van der Waals surface area contributed by atoms with Crippen molar-refractivity contribution in [1.82, 2.24) is 10.6 Å². The molecule has 2 unspecified atom stereocenters. The fourth-order valence-electron chi connectivity index (χ4n) is 1.61. The average molecular weight is 186 g/mol. The Morgan fingerprint density at radius 3 is 3.00 bits per heavy atom. The quantitative estimate of drug-likeness (QED) is 0.589. The van der Waals surface area contributed by atoms with Crippen LogP contribution in [-0.2, 0) is 4.79 Å². The molecule has 76 valence electrons. The number of carbonyl (C=O) groups is 1. The second-order valence-corrected chi connectivity index (χ2v) is 3.60. The highest BCUT2D eigenvalue weighted by Crippen LogP contribution is 2.05. The van der Waals surface area contributed by atoms with Crippen LogP contribution in [0.1, 0.15) is 26.2 Å². The number of nitrogens with one attached hydrogen (secondary N) is 2. The van der Waals surface area contributed by atoms with Crippen LogP contribution in [0.4, 0.5) is 0 Å². The van der Waals surface area contributed by atoms with Crippen molar-refractivity contribution in [2.45, 2.75) is 38.3 Å². The van der Waals surface area contributed by atoms with Crippen LogP contribution >= 0.6 is 0 Å². The van der Waals surface area contributed by atoms with Gasteiger partial charge in [-0.15, -0.1) is 0 Å². The van der Waals surface area contributed by atoms with Gasteiger partial charge in [-0.25, -0.2) is 0 Å². The summed E-state index contributed by atoms with van der Waals surface area (Å²) in [6.45, 7) is 3.74. The Balaban J connectivity index is 2.29. The van der Waals surface area contributed by atoms with Gasteiger partial charge in [-0.2, -0.15) is 0 Å². The van der Waals surface area contributed by atoms with Gasteiger partial charge in [0.05, 0.1) is 0 Å². The van der Waals surface area contributed by atoms with Crippen LogP contribution in [-0.4, -0.2) is 36.2 Å². The van der Waals surface area contributed by atoms with Crippen LogP contribution in [0.15, 0.2) is 0 Å². The lowest BCUT2D eigenvalue weighted by Gasteiger charge is -2.18. The highest BCUT2D eigenvalue weighted by atomic mass is 16.4. The van der Waals surface area contributed by atoms with Gasteiger partial charge < -0.3 is 15.7 Å². The molecule has 0 saturated carbocycles. The van der Waals surface area contributed by atoms with E-state index in [1.54, 1.807) is 6.92 Å². The summed E-state index contributed by atoms with van der Waals surface area (Å²) >= 11 is 0. The van der Waals surface area contributed by atoms with E-state index in [9.17, 15) is 4.79 Å². The van der Waals surface area contributed by atoms with E-state index < -0.39 is 12.0 Å². The first-order chi connectivity index (χ1) is 6.20. The molecular formula is C9H18N2O2. The van der Waals surface area contributed by atoms with Crippen molar-refractivity contribution in [3.8, 4) is 0 Å². The summed E-state index contributed by atoms with van der Waals surface area (Å²) in [6, 6.07) is -0.0656. The van der Waals surface area contributed by atoms with E-state index >= 15 is 0 Å². The molecule has 0 aromatic rings. The predicted molar refractivity (Wildman–Crippen MR) is 50.7 cm³/mol. The van der Waals surface area contributed by atoms with Gasteiger partial charge >= 0.3 is 5.97 Å². The molecule has 0 radical (unpaired) electrons. The van der Waals surface area contributed by atoms with Gasteiger partial charge in [0.25, 0.3) is 0 Å². The minimum absolute atomic E-state index is 0.362. The summed E-state index contributed by atoms with van der Waals surface area (Å²) in [6.07, 6.45) is 3.23. The van der Waals surface area contributed by atoms with Crippen molar-refractivity contribution in [3.05, 3.63) is 0 Å². The molecule has 1 heterocycles. The van der Waals surface area contributed by atoms with E-state index in [2.05, 4.69) is 10.6 Å². The molecule has 0 aliphatic carbocycles. The summed E-state index contributed by atoms with van der Waals surface area (Å²) in [5.41, 5.74) is 0. The fraction of sp³-hybridized carbons (Fsp3) is 0.889. The molecule has 1 aliphatic heterocycles. The molecule has 4 nitrogen and oxygen atoms in total. The zero-order valence-electron chi connectivity index (χ0n) is 8.05. The average Bonchev–Trinajstić information content (AvgIpc) is 2.32. The Kier molecular flexibility index (Phi) is 4.18. The van der Waals surface area contributed by atoms with Gasteiger partial charge in [-0.3, -0.25) is 4.79 Å². The Bertz CT molecular complexity index is 165. The molecule has 3 N–H and O–H groups in total. The van der Waals surface area contributed by atoms with Crippen molar-refractivity contribution in [1.29, 1.82) is 0 Å². The maximum Gasteiger partial charge on any atom is 0.320 e. The monoisotopic (exact) mass is 186 g/mol. The van der Waals surface area contributed by atoms with Gasteiger partial charge in [0.15, 0.2) is 0 Å². The number of rotatable bonds is 3. The van der Waals surface area contributed by atoms with Crippen LogP contribution in [0, 0.1) is 0 Å². The molecule has 13 heavy (non-hydrogen) atoms. The molecule has 1 fully saturated rings. The maximum atomic E-state index is 10.6. The van der Waals surface area contributed by atoms with Crippen LogP contribution in [0.5, 0.6) is 0 Å². The third-order valence-corrected chi connectivity index (χ3v) is 2.43. The summed E-state index contributed by atoms with van der Waals surface area (Å²) in [4.78, 5) is 10.6. The highest BCUT2D eigenvalue weighted by molar-refractivity contribution is 5.72. The first kappa shape index (κ1) is 10.5. The van der Waals surface area contributed by atoms with Gasteiger partial charge in [-0.05, 0) is 39.3 Å². The molecular weight excluding hydrogens is 168 g/mol. The van der Waals surface area contributed by atoms with Gasteiger partial charge in [0, 0.05) is 6.04 Å². The second kappa shape index (κ2) is 5.19. The van der Waals surface area contributed by atoms with Crippen LogP contribution in [0.2, 0.25) is 0 Å². The van der Waals surface area contributed by atoms with Crippen molar-refractivity contribution in [2.24, 2.45) is 0 Å². The zero-order valence-corrected chi connectivity index (χ0v) is 8.05. The number of hydrogen-bond acceptors (Lipinski definition) is 3. The minimum atomic E-state index is -0.766. The molecule has 1 saturated heterocycles. The molecule has 0 aromatic heterocycles. The van der Waals surface area contributed by atoms with Gasteiger partial charge in [0.2, 0.25) is 0 Å². The first-order valence-electron chi connectivity index (χ1n) is 4.89. The largest absolute Gasteiger partial charge is 0.480 e. The van der Waals surface area contributed by atoms with Gasteiger partial charge in [0.1, 0.15) is 6.04 Å². The van der Waals surface area contributed by atoms with Crippen LogP contribution in [0.3, 0.4) is 0 Å². The fourth-order valence-corrected chi connectivity index (χ4v) is 1.61. The van der Waals surface area contributed by atoms with Crippen LogP contribution in [0.25, 0.3) is 0 Å².